The van der Waals surface area contributed by atoms with Gasteiger partial charge in [-0.2, -0.15) is 5.26 Å². The largest absolute Gasteiger partial charge is 0.348 e. The minimum absolute atomic E-state index is 0.192. The lowest BCUT2D eigenvalue weighted by Crippen LogP contribution is -2.20. The van der Waals surface area contributed by atoms with Crippen LogP contribution in [0.3, 0.4) is 0 Å². The van der Waals surface area contributed by atoms with E-state index in [0.29, 0.717) is 12.1 Å². The van der Waals surface area contributed by atoms with Gasteiger partial charge in [-0.25, -0.2) is 4.98 Å². The van der Waals surface area contributed by atoms with E-state index in [1.54, 1.807) is 18.5 Å². The zero-order valence-corrected chi connectivity index (χ0v) is 17.7. The molecular weight excluding hydrogens is 396 g/mol. The molecule has 4 aromatic rings. The number of amides is 1. The summed E-state index contributed by atoms with van der Waals surface area (Å²) in [5.41, 5.74) is 6.22. The van der Waals surface area contributed by atoms with Gasteiger partial charge in [-0.1, -0.05) is 54.6 Å². The van der Waals surface area contributed by atoms with Gasteiger partial charge >= 0.3 is 0 Å². The molecule has 0 aliphatic heterocycles. The summed E-state index contributed by atoms with van der Waals surface area (Å²) >= 11 is 0. The topological polar surface area (TPSA) is 70.7 Å². The third-order valence-electron chi connectivity index (χ3n) is 5.06. The summed E-state index contributed by atoms with van der Waals surface area (Å²) < 4.78 is 1.82. The van der Waals surface area contributed by atoms with Gasteiger partial charge in [0.2, 0.25) is 5.91 Å². The summed E-state index contributed by atoms with van der Waals surface area (Å²) in [6, 6.07) is 26.0. The highest BCUT2D eigenvalue weighted by molar-refractivity contribution is 5.91. The highest BCUT2D eigenvalue weighted by Gasteiger charge is 2.06. The van der Waals surface area contributed by atoms with Crippen LogP contribution in [0.2, 0.25) is 0 Å². The predicted octanol–water partition coefficient (Wildman–Crippen LogP) is 5.05. The van der Waals surface area contributed by atoms with Gasteiger partial charge in [0.1, 0.15) is 6.07 Å². The number of aromatic nitrogens is 2. The number of rotatable bonds is 6. The molecule has 4 rings (SSSR count). The minimum Gasteiger partial charge on any atom is -0.348 e. The van der Waals surface area contributed by atoms with Crippen LogP contribution >= 0.6 is 0 Å². The molecule has 0 saturated carbocycles. The average Bonchev–Trinajstić information content (AvgIpc) is 3.28. The summed E-state index contributed by atoms with van der Waals surface area (Å²) in [4.78, 5) is 16.5. The molecule has 0 saturated heterocycles. The van der Waals surface area contributed by atoms with Crippen molar-refractivity contribution in [2.75, 3.05) is 0 Å². The lowest BCUT2D eigenvalue weighted by atomic mass is 10.0. The van der Waals surface area contributed by atoms with Gasteiger partial charge in [0.25, 0.3) is 0 Å². The van der Waals surface area contributed by atoms with Crippen molar-refractivity contribution >= 4 is 12.0 Å². The molecule has 0 bridgehead atoms. The van der Waals surface area contributed by atoms with Gasteiger partial charge in [-0.3, -0.25) is 4.79 Å². The molecule has 156 valence electrons. The summed E-state index contributed by atoms with van der Waals surface area (Å²) in [6.45, 7) is 2.34. The first-order chi connectivity index (χ1) is 15.6. The van der Waals surface area contributed by atoms with E-state index in [2.05, 4.69) is 40.6 Å². The molecule has 0 unspecified atom stereocenters. The number of hydrogen-bond acceptors (Lipinski definition) is 3. The molecule has 0 fully saturated rings. The van der Waals surface area contributed by atoms with Crippen LogP contribution in [0.5, 0.6) is 0 Å². The average molecular weight is 419 g/mol. The standard InChI is InChI=1S/C27H22N4O/c1-20-18-31(19-30-20)26-12-10-21(14-25(26)16-28)11-13-27(32)29-17-22-6-5-9-24(15-22)23-7-3-2-4-8-23/h2-15,18-19H,17H2,1H3,(H,29,32)/b13-11+. The second-order valence-corrected chi connectivity index (χ2v) is 7.43. The quantitative estimate of drug-likeness (QED) is 0.446. The molecule has 32 heavy (non-hydrogen) atoms. The van der Waals surface area contributed by atoms with Crippen LogP contribution in [0.25, 0.3) is 22.9 Å². The number of hydrogen-bond donors (Lipinski definition) is 1. The van der Waals surface area contributed by atoms with Crippen molar-refractivity contribution in [1.29, 1.82) is 5.26 Å². The first-order valence-electron chi connectivity index (χ1n) is 10.3. The molecule has 5 heteroatoms. The normalized spacial score (nSPS) is 10.8. The SMILES string of the molecule is Cc1cn(-c2ccc(/C=C/C(=O)NCc3cccc(-c4ccccc4)c3)cc2C#N)cn1. The first kappa shape index (κ1) is 20.8. The van der Waals surface area contributed by atoms with E-state index in [4.69, 9.17) is 0 Å². The third kappa shape index (κ3) is 5.00. The number of carbonyl (C=O) groups excluding carboxylic acids is 1. The van der Waals surface area contributed by atoms with Crippen LogP contribution in [0.15, 0.2) is 91.4 Å². The highest BCUT2D eigenvalue weighted by atomic mass is 16.1. The molecule has 1 heterocycles. The smallest absolute Gasteiger partial charge is 0.244 e. The minimum atomic E-state index is -0.192. The molecule has 3 aromatic carbocycles. The number of aryl methyl sites for hydroxylation is 1. The Morgan fingerprint density at radius 2 is 1.88 bits per heavy atom. The van der Waals surface area contributed by atoms with E-state index in [9.17, 15) is 10.1 Å². The number of nitrogens with one attached hydrogen (secondary N) is 1. The third-order valence-corrected chi connectivity index (χ3v) is 5.06. The fourth-order valence-corrected chi connectivity index (χ4v) is 3.44. The molecule has 0 atom stereocenters. The lowest BCUT2D eigenvalue weighted by molar-refractivity contribution is -0.116. The zero-order chi connectivity index (χ0) is 22.3. The maximum absolute atomic E-state index is 12.3. The number of nitriles is 1. The zero-order valence-electron chi connectivity index (χ0n) is 17.7. The monoisotopic (exact) mass is 418 g/mol. The highest BCUT2D eigenvalue weighted by Crippen LogP contribution is 2.20. The second kappa shape index (κ2) is 9.59. The molecule has 0 radical (unpaired) electrons. The van der Waals surface area contributed by atoms with Crippen molar-refractivity contribution < 1.29 is 4.79 Å². The molecule has 1 aromatic heterocycles. The van der Waals surface area contributed by atoms with E-state index in [1.165, 1.54) is 6.08 Å². The fraction of sp³-hybridized carbons (Fsp3) is 0.0741. The molecule has 0 spiro atoms. The van der Waals surface area contributed by atoms with Gasteiger partial charge in [-0.15, -0.1) is 0 Å². The van der Waals surface area contributed by atoms with E-state index in [1.807, 2.05) is 60.2 Å². The van der Waals surface area contributed by atoms with E-state index >= 15 is 0 Å². The number of carbonyl (C=O) groups is 1. The van der Waals surface area contributed by atoms with Crippen LogP contribution in [0.4, 0.5) is 0 Å². The van der Waals surface area contributed by atoms with Gasteiger partial charge in [-0.05, 0) is 53.5 Å². The second-order valence-electron chi connectivity index (χ2n) is 7.43. The van der Waals surface area contributed by atoms with Crippen molar-refractivity contribution in [3.8, 4) is 22.9 Å². The Hall–Kier alpha value is -4.43. The van der Waals surface area contributed by atoms with Gasteiger partial charge in [0, 0.05) is 18.8 Å². The van der Waals surface area contributed by atoms with E-state index in [-0.39, 0.29) is 5.91 Å². The molecule has 5 nitrogen and oxygen atoms in total. The Labute approximate surface area is 187 Å². The predicted molar refractivity (Wildman–Crippen MR) is 126 cm³/mol. The molecule has 1 N–H and O–H groups in total. The van der Waals surface area contributed by atoms with Crippen molar-refractivity contribution in [3.05, 3.63) is 114 Å². The number of imidazole rings is 1. The Balaban J connectivity index is 1.40. The maximum atomic E-state index is 12.3. The Morgan fingerprint density at radius 3 is 2.62 bits per heavy atom. The van der Waals surface area contributed by atoms with Gasteiger partial charge < -0.3 is 9.88 Å². The number of benzene rings is 3. The summed E-state index contributed by atoms with van der Waals surface area (Å²) in [6.07, 6.45) is 6.74. The van der Waals surface area contributed by atoms with Crippen LogP contribution < -0.4 is 5.32 Å². The van der Waals surface area contributed by atoms with Crippen LogP contribution in [0, 0.1) is 18.3 Å². The fourth-order valence-electron chi connectivity index (χ4n) is 3.44. The maximum Gasteiger partial charge on any atom is 0.244 e. The first-order valence-corrected chi connectivity index (χ1v) is 10.3. The molecule has 0 aliphatic rings. The lowest BCUT2D eigenvalue weighted by Gasteiger charge is -2.07. The summed E-state index contributed by atoms with van der Waals surface area (Å²) in [7, 11) is 0. The summed E-state index contributed by atoms with van der Waals surface area (Å²) in [5, 5.41) is 12.4. The Morgan fingerprint density at radius 1 is 1.06 bits per heavy atom. The molecular formula is C27H22N4O. The van der Waals surface area contributed by atoms with E-state index in [0.717, 1.165) is 33.6 Å². The Bertz CT molecular complexity index is 1310. The number of nitrogens with zero attached hydrogens (tertiary/aromatic N) is 3. The van der Waals surface area contributed by atoms with Crippen molar-refractivity contribution in [2.45, 2.75) is 13.5 Å². The molecule has 0 aliphatic carbocycles. The van der Waals surface area contributed by atoms with Crippen molar-refractivity contribution in [1.82, 2.24) is 14.9 Å². The van der Waals surface area contributed by atoms with Gasteiger partial charge in [0.15, 0.2) is 0 Å². The van der Waals surface area contributed by atoms with E-state index < -0.39 is 0 Å². The van der Waals surface area contributed by atoms with Crippen molar-refractivity contribution in [3.63, 3.8) is 0 Å². The van der Waals surface area contributed by atoms with Crippen LogP contribution in [0.1, 0.15) is 22.4 Å². The van der Waals surface area contributed by atoms with Crippen LogP contribution in [-0.4, -0.2) is 15.5 Å². The molecule has 1 amide bonds. The van der Waals surface area contributed by atoms with Crippen molar-refractivity contribution in [2.24, 2.45) is 0 Å². The summed E-state index contributed by atoms with van der Waals surface area (Å²) in [5.74, 6) is -0.192. The Kier molecular flexibility index (Phi) is 6.24. The van der Waals surface area contributed by atoms with Gasteiger partial charge in [0.05, 0.1) is 23.3 Å². The van der Waals surface area contributed by atoms with Crippen LogP contribution in [-0.2, 0) is 11.3 Å².